The molecule has 80 valence electrons. The minimum Gasteiger partial charge on any atom is -0.480 e. The van der Waals surface area contributed by atoms with Crippen LogP contribution in [0, 0.1) is 5.41 Å². The molecule has 1 aromatic rings. The van der Waals surface area contributed by atoms with E-state index in [2.05, 4.69) is 0 Å². The van der Waals surface area contributed by atoms with Gasteiger partial charge in [-0.1, -0.05) is 30.3 Å². The predicted octanol–water partition coefficient (Wildman–Crippen LogP) is 0.467. The summed E-state index contributed by atoms with van der Waals surface area (Å²) in [6.45, 7) is 0.0761. The summed E-state index contributed by atoms with van der Waals surface area (Å²) < 4.78 is 0. The van der Waals surface area contributed by atoms with Crippen LogP contribution in [0.2, 0.25) is 0 Å². The van der Waals surface area contributed by atoms with Crippen LogP contribution in [0.3, 0.4) is 0 Å². The molecule has 0 saturated carbocycles. The SMILES string of the molecule is N=C(N)N(CC(=O)O)Cc1ccccc1. The number of carboxylic acid groups (broad SMARTS) is 1. The minimum atomic E-state index is -0.999. The number of hydrogen-bond donors (Lipinski definition) is 3. The Labute approximate surface area is 87.6 Å². The van der Waals surface area contributed by atoms with Crippen molar-refractivity contribution in [2.45, 2.75) is 6.54 Å². The maximum Gasteiger partial charge on any atom is 0.323 e. The second kappa shape index (κ2) is 4.99. The summed E-state index contributed by atoms with van der Waals surface area (Å²) >= 11 is 0. The standard InChI is InChI=1S/C10H13N3O2/c11-10(12)13(7-9(14)15)6-8-4-2-1-3-5-8/h1-5H,6-7H2,(H3,11,12)(H,14,15). The molecule has 0 aliphatic heterocycles. The molecule has 15 heavy (non-hydrogen) atoms. The fourth-order valence-corrected chi connectivity index (χ4v) is 1.19. The lowest BCUT2D eigenvalue weighted by molar-refractivity contribution is -0.137. The first-order chi connectivity index (χ1) is 7.09. The normalized spacial score (nSPS) is 9.60. The highest BCUT2D eigenvalue weighted by Crippen LogP contribution is 2.03. The van der Waals surface area contributed by atoms with E-state index in [0.29, 0.717) is 6.54 Å². The largest absolute Gasteiger partial charge is 0.480 e. The number of nitrogens with two attached hydrogens (primary N) is 1. The molecule has 5 heteroatoms. The molecule has 4 N–H and O–H groups in total. The third-order valence-corrected chi connectivity index (χ3v) is 1.88. The molecule has 0 amide bonds. The van der Waals surface area contributed by atoms with Crippen LogP contribution in [-0.4, -0.2) is 28.5 Å². The molecule has 0 unspecified atom stereocenters. The second-order valence-corrected chi connectivity index (χ2v) is 3.12. The highest BCUT2D eigenvalue weighted by atomic mass is 16.4. The molecule has 0 atom stereocenters. The van der Waals surface area contributed by atoms with Crippen molar-refractivity contribution >= 4 is 11.9 Å². The molecule has 1 rings (SSSR count). The number of carbonyl (C=O) groups is 1. The van der Waals surface area contributed by atoms with E-state index in [1.54, 1.807) is 0 Å². The summed E-state index contributed by atoms with van der Waals surface area (Å²) in [5.74, 6) is -1.23. The molecule has 0 aliphatic rings. The third kappa shape index (κ3) is 3.68. The quantitative estimate of drug-likeness (QED) is 0.494. The van der Waals surface area contributed by atoms with E-state index in [4.69, 9.17) is 16.2 Å². The monoisotopic (exact) mass is 207 g/mol. The summed E-state index contributed by atoms with van der Waals surface area (Å²) in [7, 11) is 0. The predicted molar refractivity (Wildman–Crippen MR) is 56.4 cm³/mol. The van der Waals surface area contributed by atoms with Gasteiger partial charge in [-0.15, -0.1) is 0 Å². The van der Waals surface area contributed by atoms with Crippen molar-refractivity contribution in [3.63, 3.8) is 0 Å². The highest BCUT2D eigenvalue weighted by molar-refractivity contribution is 5.80. The number of hydrogen-bond acceptors (Lipinski definition) is 2. The van der Waals surface area contributed by atoms with Crippen LogP contribution in [0.15, 0.2) is 30.3 Å². The lowest BCUT2D eigenvalue weighted by Gasteiger charge is -2.20. The van der Waals surface area contributed by atoms with Gasteiger partial charge in [0.1, 0.15) is 6.54 Å². The topological polar surface area (TPSA) is 90.4 Å². The first kappa shape index (κ1) is 11.0. The van der Waals surface area contributed by atoms with E-state index in [1.165, 1.54) is 4.90 Å². The summed E-state index contributed by atoms with van der Waals surface area (Å²) in [5.41, 5.74) is 6.20. The second-order valence-electron chi connectivity index (χ2n) is 3.12. The van der Waals surface area contributed by atoms with Gasteiger partial charge in [0.25, 0.3) is 0 Å². The number of aliphatic carboxylic acids is 1. The van der Waals surface area contributed by atoms with Crippen LogP contribution >= 0.6 is 0 Å². The molecule has 0 aromatic heterocycles. The molecular weight excluding hydrogens is 194 g/mol. The third-order valence-electron chi connectivity index (χ3n) is 1.88. The van der Waals surface area contributed by atoms with Gasteiger partial charge in [0, 0.05) is 6.54 Å². The Balaban J connectivity index is 2.67. The maximum absolute atomic E-state index is 10.5. The van der Waals surface area contributed by atoms with Crippen molar-refractivity contribution in [1.82, 2.24) is 4.90 Å². The molecule has 0 spiro atoms. The van der Waals surface area contributed by atoms with E-state index >= 15 is 0 Å². The van der Waals surface area contributed by atoms with E-state index in [9.17, 15) is 4.79 Å². The molecule has 0 radical (unpaired) electrons. The number of guanidine groups is 1. The summed E-state index contributed by atoms with van der Waals surface area (Å²) in [6.07, 6.45) is 0. The van der Waals surface area contributed by atoms with E-state index in [1.807, 2.05) is 30.3 Å². The van der Waals surface area contributed by atoms with Crippen LogP contribution in [0.5, 0.6) is 0 Å². The van der Waals surface area contributed by atoms with Crippen LogP contribution in [0.25, 0.3) is 0 Å². The van der Waals surface area contributed by atoms with Crippen LogP contribution in [0.4, 0.5) is 0 Å². The van der Waals surface area contributed by atoms with Crippen molar-refractivity contribution in [2.75, 3.05) is 6.54 Å². The van der Waals surface area contributed by atoms with Crippen LogP contribution in [-0.2, 0) is 11.3 Å². The lowest BCUT2D eigenvalue weighted by atomic mass is 10.2. The van der Waals surface area contributed by atoms with E-state index in [-0.39, 0.29) is 12.5 Å². The van der Waals surface area contributed by atoms with Gasteiger partial charge in [-0.05, 0) is 5.56 Å². The molecule has 0 saturated heterocycles. The Morgan fingerprint density at radius 2 is 2.00 bits per heavy atom. The van der Waals surface area contributed by atoms with Crippen molar-refractivity contribution in [3.05, 3.63) is 35.9 Å². The number of nitrogens with zero attached hydrogens (tertiary/aromatic N) is 1. The molecule has 1 aromatic carbocycles. The minimum absolute atomic E-state index is 0.235. The van der Waals surface area contributed by atoms with Crippen molar-refractivity contribution < 1.29 is 9.90 Å². The van der Waals surface area contributed by atoms with E-state index in [0.717, 1.165) is 5.56 Å². The van der Waals surface area contributed by atoms with Gasteiger partial charge >= 0.3 is 5.97 Å². The number of benzene rings is 1. The van der Waals surface area contributed by atoms with Gasteiger partial charge in [0.15, 0.2) is 5.96 Å². The van der Waals surface area contributed by atoms with Crippen molar-refractivity contribution in [2.24, 2.45) is 5.73 Å². The van der Waals surface area contributed by atoms with Gasteiger partial charge in [0.2, 0.25) is 0 Å². The first-order valence-electron chi connectivity index (χ1n) is 4.44. The Kier molecular flexibility index (Phi) is 3.68. The van der Waals surface area contributed by atoms with Gasteiger partial charge < -0.3 is 15.7 Å². The Morgan fingerprint density at radius 1 is 1.40 bits per heavy atom. The molecule has 0 aliphatic carbocycles. The average molecular weight is 207 g/mol. The Morgan fingerprint density at radius 3 is 2.47 bits per heavy atom. The zero-order valence-corrected chi connectivity index (χ0v) is 8.18. The molecule has 0 heterocycles. The fourth-order valence-electron chi connectivity index (χ4n) is 1.19. The number of carboxylic acids is 1. The smallest absolute Gasteiger partial charge is 0.323 e. The first-order valence-corrected chi connectivity index (χ1v) is 4.44. The van der Waals surface area contributed by atoms with Gasteiger partial charge in [-0.2, -0.15) is 0 Å². The van der Waals surface area contributed by atoms with E-state index < -0.39 is 5.97 Å². The Bertz CT molecular complexity index is 351. The highest BCUT2D eigenvalue weighted by Gasteiger charge is 2.10. The number of rotatable bonds is 4. The maximum atomic E-state index is 10.5. The average Bonchev–Trinajstić information content (AvgIpc) is 2.17. The van der Waals surface area contributed by atoms with Crippen LogP contribution in [0.1, 0.15) is 5.56 Å². The van der Waals surface area contributed by atoms with Crippen molar-refractivity contribution in [1.29, 1.82) is 5.41 Å². The van der Waals surface area contributed by atoms with Gasteiger partial charge in [-0.25, -0.2) is 0 Å². The summed E-state index contributed by atoms with van der Waals surface area (Å²) in [6, 6.07) is 9.30. The van der Waals surface area contributed by atoms with Gasteiger partial charge in [-0.3, -0.25) is 10.2 Å². The molecule has 0 fully saturated rings. The molecule has 5 nitrogen and oxygen atoms in total. The zero-order valence-electron chi connectivity index (χ0n) is 8.18. The van der Waals surface area contributed by atoms with Crippen LogP contribution < -0.4 is 5.73 Å². The Hall–Kier alpha value is -2.04. The summed E-state index contributed by atoms with van der Waals surface area (Å²) in [4.78, 5) is 11.8. The van der Waals surface area contributed by atoms with Crippen molar-refractivity contribution in [3.8, 4) is 0 Å². The lowest BCUT2D eigenvalue weighted by Crippen LogP contribution is -2.39. The molecule has 0 bridgehead atoms. The zero-order chi connectivity index (χ0) is 11.3. The fraction of sp³-hybridized carbons (Fsp3) is 0.200. The summed E-state index contributed by atoms with van der Waals surface area (Å²) in [5, 5.41) is 15.9. The molecular formula is C10H13N3O2. The van der Waals surface area contributed by atoms with Gasteiger partial charge in [0.05, 0.1) is 0 Å². The number of nitrogens with one attached hydrogen (secondary N) is 1.